The number of sulfone groups is 1. The van der Waals surface area contributed by atoms with Crippen LogP contribution in [-0.4, -0.2) is 20.7 Å². The van der Waals surface area contributed by atoms with E-state index in [0.717, 1.165) is 12.0 Å². The van der Waals surface area contributed by atoms with E-state index in [9.17, 15) is 8.42 Å². The highest BCUT2D eigenvalue weighted by Crippen LogP contribution is 2.23. The van der Waals surface area contributed by atoms with Crippen LogP contribution in [0.15, 0.2) is 53.4 Å². The molecule has 0 aliphatic rings. The first-order valence-corrected chi connectivity index (χ1v) is 8.50. The highest BCUT2D eigenvalue weighted by molar-refractivity contribution is 7.91. The number of rotatable bonds is 6. The van der Waals surface area contributed by atoms with Gasteiger partial charge in [-0.15, -0.1) is 0 Å². The third-order valence-electron chi connectivity index (χ3n) is 3.15. The summed E-state index contributed by atoms with van der Waals surface area (Å²) in [5.41, 5.74) is 6.66. The van der Waals surface area contributed by atoms with Crippen LogP contribution in [0.2, 0.25) is 0 Å². The minimum absolute atomic E-state index is 0.0931. The second kappa shape index (κ2) is 6.74. The topological polar surface area (TPSA) is 69.4 Å². The quantitative estimate of drug-likeness (QED) is 0.891. The van der Waals surface area contributed by atoms with E-state index in [1.54, 1.807) is 31.2 Å². The molecule has 2 aromatic rings. The Morgan fingerprint density at radius 1 is 0.952 bits per heavy atom. The molecule has 2 N–H and O–H groups in total. The highest BCUT2D eigenvalue weighted by atomic mass is 32.2. The summed E-state index contributed by atoms with van der Waals surface area (Å²) < 4.78 is 29.1. The van der Waals surface area contributed by atoms with E-state index in [2.05, 4.69) is 0 Å². The van der Waals surface area contributed by atoms with Crippen LogP contribution in [0.3, 0.4) is 0 Å². The lowest BCUT2D eigenvalue weighted by Gasteiger charge is -2.07. The van der Waals surface area contributed by atoms with E-state index in [0.29, 0.717) is 22.9 Å². The van der Waals surface area contributed by atoms with Crippen LogP contribution in [0.1, 0.15) is 12.5 Å². The van der Waals surface area contributed by atoms with E-state index in [1.165, 1.54) is 0 Å². The van der Waals surface area contributed by atoms with Crippen LogP contribution < -0.4 is 10.5 Å². The summed E-state index contributed by atoms with van der Waals surface area (Å²) >= 11 is 0. The molecule has 21 heavy (non-hydrogen) atoms. The fraction of sp³-hybridized carbons (Fsp3) is 0.250. The zero-order valence-corrected chi connectivity index (χ0v) is 12.8. The summed E-state index contributed by atoms with van der Waals surface area (Å²) in [4.78, 5) is 0.315. The Morgan fingerprint density at radius 3 is 1.95 bits per heavy atom. The molecule has 112 valence electrons. The van der Waals surface area contributed by atoms with Gasteiger partial charge in [-0.05, 0) is 54.9 Å². The molecule has 5 heteroatoms. The van der Waals surface area contributed by atoms with E-state index in [-0.39, 0.29) is 5.75 Å². The zero-order chi connectivity index (χ0) is 15.3. The fourth-order valence-electron chi connectivity index (χ4n) is 1.91. The van der Waals surface area contributed by atoms with Crippen molar-refractivity contribution in [3.63, 3.8) is 0 Å². The maximum Gasteiger partial charge on any atom is 0.178 e. The van der Waals surface area contributed by atoms with Crippen LogP contribution >= 0.6 is 0 Å². The van der Waals surface area contributed by atoms with Crippen LogP contribution in [0.4, 0.5) is 0 Å². The Labute approximate surface area is 125 Å². The van der Waals surface area contributed by atoms with Gasteiger partial charge < -0.3 is 10.5 Å². The first kappa shape index (κ1) is 15.5. The van der Waals surface area contributed by atoms with E-state index < -0.39 is 9.84 Å². The van der Waals surface area contributed by atoms with Crippen molar-refractivity contribution in [1.29, 1.82) is 0 Å². The van der Waals surface area contributed by atoms with Crippen molar-refractivity contribution < 1.29 is 13.2 Å². The smallest absolute Gasteiger partial charge is 0.178 e. The van der Waals surface area contributed by atoms with Gasteiger partial charge in [0.2, 0.25) is 0 Å². The molecular weight excluding hydrogens is 286 g/mol. The summed E-state index contributed by atoms with van der Waals surface area (Å²) in [6.45, 7) is 2.25. The molecule has 0 aromatic heterocycles. The molecule has 0 radical (unpaired) electrons. The molecule has 2 rings (SSSR count). The Bertz CT molecular complexity index is 676. The average molecular weight is 305 g/mol. The molecule has 0 unspecified atom stereocenters. The largest absolute Gasteiger partial charge is 0.457 e. The summed E-state index contributed by atoms with van der Waals surface area (Å²) in [6.07, 6.45) is 0.837. The molecule has 4 nitrogen and oxygen atoms in total. The van der Waals surface area contributed by atoms with Gasteiger partial charge in [0.15, 0.2) is 9.84 Å². The summed E-state index contributed by atoms with van der Waals surface area (Å²) in [6, 6.07) is 14.2. The molecule has 0 bridgehead atoms. The monoisotopic (exact) mass is 305 g/mol. The van der Waals surface area contributed by atoms with Gasteiger partial charge in [-0.1, -0.05) is 19.1 Å². The van der Waals surface area contributed by atoms with Gasteiger partial charge in [-0.3, -0.25) is 0 Å². The van der Waals surface area contributed by atoms with Gasteiger partial charge >= 0.3 is 0 Å². The molecule has 0 saturated heterocycles. The predicted octanol–water partition coefficient (Wildman–Crippen LogP) is 2.77. The number of benzene rings is 2. The molecule has 0 spiro atoms. The second-order valence-electron chi connectivity index (χ2n) is 4.66. The third kappa shape index (κ3) is 4.06. The first-order chi connectivity index (χ1) is 10.0. The van der Waals surface area contributed by atoms with Crippen molar-refractivity contribution in [1.82, 2.24) is 0 Å². The Balaban J connectivity index is 2.10. The van der Waals surface area contributed by atoms with Crippen LogP contribution in [0.25, 0.3) is 0 Å². The minimum Gasteiger partial charge on any atom is -0.457 e. The van der Waals surface area contributed by atoms with E-state index >= 15 is 0 Å². The SMILES string of the molecule is CCS(=O)(=O)c1ccc(Oc2ccc(CCN)cc2)cc1. The summed E-state index contributed by atoms with van der Waals surface area (Å²) in [5.74, 6) is 1.41. The fourth-order valence-corrected chi connectivity index (χ4v) is 2.79. The number of nitrogens with two attached hydrogens (primary N) is 1. The highest BCUT2D eigenvalue weighted by Gasteiger charge is 2.11. The average Bonchev–Trinajstić information content (AvgIpc) is 2.50. The van der Waals surface area contributed by atoms with Crippen molar-refractivity contribution in [2.45, 2.75) is 18.2 Å². The van der Waals surface area contributed by atoms with Crippen molar-refractivity contribution >= 4 is 9.84 Å². The van der Waals surface area contributed by atoms with Crippen LogP contribution in [-0.2, 0) is 16.3 Å². The van der Waals surface area contributed by atoms with Gasteiger partial charge in [-0.2, -0.15) is 0 Å². The normalized spacial score (nSPS) is 11.3. The maximum atomic E-state index is 11.7. The van der Waals surface area contributed by atoms with Crippen LogP contribution in [0, 0.1) is 0 Å². The predicted molar refractivity (Wildman–Crippen MR) is 83.4 cm³/mol. The molecule has 0 amide bonds. The Morgan fingerprint density at radius 2 is 1.48 bits per heavy atom. The van der Waals surface area contributed by atoms with Crippen molar-refractivity contribution in [3.05, 3.63) is 54.1 Å². The number of ether oxygens (including phenoxy) is 1. The van der Waals surface area contributed by atoms with Gasteiger partial charge in [0.05, 0.1) is 10.6 Å². The molecule has 0 heterocycles. The Kier molecular flexibility index (Phi) is 4.98. The lowest BCUT2D eigenvalue weighted by atomic mass is 10.1. The van der Waals surface area contributed by atoms with Crippen molar-refractivity contribution in [2.75, 3.05) is 12.3 Å². The number of hydrogen-bond donors (Lipinski definition) is 1. The van der Waals surface area contributed by atoms with Gasteiger partial charge in [0, 0.05) is 0 Å². The molecule has 2 aromatic carbocycles. The maximum absolute atomic E-state index is 11.7. The first-order valence-electron chi connectivity index (χ1n) is 6.85. The van der Waals surface area contributed by atoms with Crippen molar-refractivity contribution in [2.24, 2.45) is 5.73 Å². The van der Waals surface area contributed by atoms with Gasteiger partial charge in [0.25, 0.3) is 0 Å². The van der Waals surface area contributed by atoms with E-state index in [1.807, 2.05) is 24.3 Å². The summed E-state index contributed by atoms with van der Waals surface area (Å²) in [7, 11) is -3.17. The molecular formula is C16H19NO3S. The third-order valence-corrected chi connectivity index (χ3v) is 4.91. The van der Waals surface area contributed by atoms with Gasteiger partial charge in [-0.25, -0.2) is 8.42 Å². The zero-order valence-electron chi connectivity index (χ0n) is 12.0. The molecule has 0 aliphatic heterocycles. The minimum atomic E-state index is -3.17. The molecule has 0 atom stereocenters. The number of hydrogen-bond acceptors (Lipinski definition) is 4. The second-order valence-corrected chi connectivity index (χ2v) is 6.94. The van der Waals surface area contributed by atoms with Crippen molar-refractivity contribution in [3.8, 4) is 11.5 Å². The van der Waals surface area contributed by atoms with Crippen LogP contribution in [0.5, 0.6) is 11.5 Å². The summed E-state index contributed by atoms with van der Waals surface area (Å²) in [5, 5.41) is 0. The lowest BCUT2D eigenvalue weighted by molar-refractivity contribution is 0.482. The standard InChI is InChI=1S/C16H19NO3S/c1-2-21(18,19)16-9-7-15(8-10-16)20-14-5-3-13(4-6-14)11-12-17/h3-10H,2,11-12,17H2,1H3. The molecule has 0 saturated carbocycles. The molecule has 0 aliphatic carbocycles. The lowest BCUT2D eigenvalue weighted by Crippen LogP contribution is -2.03. The van der Waals surface area contributed by atoms with Gasteiger partial charge in [0.1, 0.15) is 11.5 Å². The molecule has 0 fully saturated rings. The Hall–Kier alpha value is -1.85. The van der Waals surface area contributed by atoms with E-state index in [4.69, 9.17) is 10.5 Å².